The smallest absolute Gasteiger partial charge is 0.334 e. The van der Waals surface area contributed by atoms with Gasteiger partial charge in [0.15, 0.2) is 0 Å². The van der Waals surface area contributed by atoms with Crippen LogP contribution in [0.15, 0.2) is 12.4 Å². The fourth-order valence-corrected chi connectivity index (χ4v) is 4.69. The molecule has 0 aliphatic carbocycles. The zero-order valence-corrected chi connectivity index (χ0v) is 19.5. The molecule has 166 valence electrons. The molecule has 0 radical (unpaired) electrons. The van der Waals surface area contributed by atoms with E-state index in [1.807, 2.05) is 17.3 Å². The van der Waals surface area contributed by atoms with Gasteiger partial charge < -0.3 is 9.80 Å². The van der Waals surface area contributed by atoms with Crippen LogP contribution < -0.4 is 0 Å². The molecule has 0 aromatic rings. The topological polar surface area (TPSA) is 51.2 Å². The first-order valence-corrected chi connectivity index (χ1v) is 12.8. The number of phosphoric acid groups is 1. The molecule has 28 heavy (non-hydrogen) atoms. The Balaban J connectivity index is 2.32. The van der Waals surface area contributed by atoms with Crippen molar-refractivity contribution in [3.8, 4) is 0 Å². The first-order valence-electron chi connectivity index (χ1n) is 11.4. The second kappa shape index (κ2) is 15.3. The van der Waals surface area contributed by atoms with Crippen LogP contribution in [-0.2, 0) is 18.1 Å². The van der Waals surface area contributed by atoms with Crippen LogP contribution in [0.3, 0.4) is 0 Å². The molecule has 1 aliphatic heterocycles. The highest BCUT2D eigenvalue weighted by Crippen LogP contribution is 2.51. The summed E-state index contributed by atoms with van der Waals surface area (Å²) in [5.41, 5.74) is 0. The van der Waals surface area contributed by atoms with Crippen LogP contribution >= 0.6 is 7.82 Å². The second-order valence-corrected chi connectivity index (χ2v) is 8.88. The maximum absolute atomic E-state index is 12.8. The zero-order valence-electron chi connectivity index (χ0n) is 18.6. The molecule has 0 spiro atoms. The molecule has 0 aromatic heterocycles. The molecular formula is C21H43N2O4P. The van der Waals surface area contributed by atoms with Crippen LogP contribution in [0.2, 0.25) is 0 Å². The Morgan fingerprint density at radius 2 is 1.25 bits per heavy atom. The molecule has 1 unspecified atom stereocenters. The van der Waals surface area contributed by atoms with E-state index < -0.39 is 14.2 Å². The average molecular weight is 419 g/mol. The molecule has 7 heteroatoms. The molecular weight excluding hydrogens is 375 g/mol. The Kier molecular flexibility index (Phi) is 13.9. The normalized spacial score (nSPS) is 17.1. The van der Waals surface area contributed by atoms with E-state index in [-0.39, 0.29) is 0 Å². The molecule has 6 nitrogen and oxygen atoms in total. The largest absolute Gasteiger partial charge is 0.478 e. The van der Waals surface area contributed by atoms with Gasteiger partial charge in [-0.05, 0) is 27.2 Å². The van der Waals surface area contributed by atoms with Crippen molar-refractivity contribution in [2.45, 2.75) is 98.3 Å². The standard InChI is InChI=1S/C21H43N2O4P/c1-5-9-10-11-12-13-14-15-16-17-18-23-20-19-22(6-2)21(23)27-28(24,25-7-3)26-8-4/h19-21H,5-18H2,1-4H3. The predicted molar refractivity (Wildman–Crippen MR) is 116 cm³/mol. The maximum atomic E-state index is 12.8. The molecule has 0 amide bonds. The van der Waals surface area contributed by atoms with E-state index in [2.05, 4.69) is 18.7 Å². The number of rotatable bonds is 18. The van der Waals surface area contributed by atoms with E-state index in [4.69, 9.17) is 13.6 Å². The van der Waals surface area contributed by atoms with Crippen molar-refractivity contribution in [1.29, 1.82) is 0 Å². The third kappa shape index (κ3) is 9.78. The molecule has 0 saturated heterocycles. The Morgan fingerprint density at radius 1 is 0.750 bits per heavy atom. The fraction of sp³-hybridized carbons (Fsp3) is 0.905. The van der Waals surface area contributed by atoms with Gasteiger partial charge in [0.25, 0.3) is 0 Å². The van der Waals surface area contributed by atoms with Gasteiger partial charge in [0.2, 0.25) is 6.35 Å². The Labute approximate surface area is 173 Å². The van der Waals surface area contributed by atoms with Crippen LogP contribution in [0.25, 0.3) is 0 Å². The Hall–Kier alpha value is -0.550. The molecule has 0 N–H and O–H groups in total. The van der Waals surface area contributed by atoms with Crippen molar-refractivity contribution < 1.29 is 18.1 Å². The van der Waals surface area contributed by atoms with E-state index in [9.17, 15) is 4.57 Å². The van der Waals surface area contributed by atoms with E-state index >= 15 is 0 Å². The van der Waals surface area contributed by atoms with Gasteiger partial charge in [0.1, 0.15) is 0 Å². The summed E-state index contributed by atoms with van der Waals surface area (Å²) in [6, 6.07) is 0. The predicted octanol–water partition coefficient (Wildman–Crippen LogP) is 6.50. The number of phosphoric ester groups is 1. The third-order valence-corrected chi connectivity index (χ3v) is 6.55. The van der Waals surface area contributed by atoms with Gasteiger partial charge >= 0.3 is 7.82 Å². The number of hydrogen-bond acceptors (Lipinski definition) is 6. The van der Waals surface area contributed by atoms with Crippen molar-refractivity contribution >= 4 is 7.82 Å². The zero-order chi connectivity index (χ0) is 20.7. The quantitative estimate of drug-likeness (QED) is 0.187. The lowest BCUT2D eigenvalue weighted by Crippen LogP contribution is -2.40. The molecule has 0 aromatic carbocycles. The van der Waals surface area contributed by atoms with E-state index in [1.165, 1.54) is 57.8 Å². The summed E-state index contributed by atoms with van der Waals surface area (Å²) in [7, 11) is -3.55. The van der Waals surface area contributed by atoms with Crippen LogP contribution in [0.1, 0.15) is 91.9 Å². The summed E-state index contributed by atoms with van der Waals surface area (Å²) in [4.78, 5) is 4.11. The monoisotopic (exact) mass is 418 g/mol. The molecule has 0 fully saturated rings. The molecule has 1 heterocycles. The first kappa shape index (κ1) is 25.5. The lowest BCUT2D eigenvalue weighted by Gasteiger charge is -2.33. The Morgan fingerprint density at radius 3 is 1.75 bits per heavy atom. The van der Waals surface area contributed by atoms with Crippen molar-refractivity contribution in [2.24, 2.45) is 0 Å². The number of unbranched alkanes of at least 4 members (excludes halogenated alkanes) is 9. The highest BCUT2D eigenvalue weighted by atomic mass is 31.2. The van der Waals surface area contributed by atoms with Crippen molar-refractivity contribution in [3.63, 3.8) is 0 Å². The van der Waals surface area contributed by atoms with Gasteiger partial charge in [-0.25, -0.2) is 9.09 Å². The molecule has 1 rings (SSSR count). The van der Waals surface area contributed by atoms with Gasteiger partial charge in [0, 0.05) is 25.5 Å². The van der Waals surface area contributed by atoms with Gasteiger partial charge in [-0.15, -0.1) is 0 Å². The molecule has 1 aliphatic rings. The second-order valence-electron chi connectivity index (χ2n) is 7.26. The third-order valence-electron chi connectivity index (χ3n) is 4.95. The summed E-state index contributed by atoms with van der Waals surface area (Å²) in [5, 5.41) is 0. The first-order chi connectivity index (χ1) is 13.6. The van der Waals surface area contributed by atoms with Gasteiger partial charge in [0.05, 0.1) is 13.2 Å². The SMILES string of the molecule is CCCCCCCCCCCCN1C=CN(CC)C1OP(=O)(OCC)OCC. The fourth-order valence-electron chi connectivity index (χ4n) is 3.39. The minimum Gasteiger partial charge on any atom is -0.334 e. The van der Waals surface area contributed by atoms with Gasteiger partial charge in [-0.1, -0.05) is 64.7 Å². The molecule has 0 saturated carbocycles. The summed E-state index contributed by atoms with van der Waals surface area (Å²) in [6.07, 6.45) is 16.7. The summed E-state index contributed by atoms with van der Waals surface area (Å²) in [6.45, 7) is 10.1. The minimum atomic E-state index is -3.55. The van der Waals surface area contributed by atoms with Gasteiger partial charge in [-0.2, -0.15) is 0 Å². The number of nitrogens with zero attached hydrogens (tertiary/aromatic N) is 2. The van der Waals surface area contributed by atoms with E-state index in [0.717, 1.165) is 19.5 Å². The lowest BCUT2D eigenvalue weighted by atomic mass is 10.1. The minimum absolute atomic E-state index is 0.294. The summed E-state index contributed by atoms with van der Waals surface area (Å²) in [5.74, 6) is 0. The van der Waals surface area contributed by atoms with Crippen LogP contribution in [-0.4, -0.2) is 42.5 Å². The van der Waals surface area contributed by atoms with Crippen LogP contribution in [0.4, 0.5) is 0 Å². The highest BCUT2D eigenvalue weighted by Gasteiger charge is 2.36. The highest BCUT2D eigenvalue weighted by molar-refractivity contribution is 7.48. The van der Waals surface area contributed by atoms with Crippen LogP contribution in [0, 0.1) is 0 Å². The maximum Gasteiger partial charge on any atom is 0.478 e. The van der Waals surface area contributed by atoms with Crippen molar-refractivity contribution in [1.82, 2.24) is 9.80 Å². The average Bonchev–Trinajstić information content (AvgIpc) is 3.04. The molecule has 1 atom stereocenters. The summed E-state index contributed by atoms with van der Waals surface area (Å²) >= 11 is 0. The van der Waals surface area contributed by atoms with E-state index in [1.54, 1.807) is 13.8 Å². The summed E-state index contributed by atoms with van der Waals surface area (Å²) < 4.78 is 29.2. The lowest BCUT2D eigenvalue weighted by molar-refractivity contribution is -0.0523. The Bertz CT molecular complexity index is 452. The van der Waals surface area contributed by atoms with Crippen molar-refractivity contribution in [2.75, 3.05) is 26.3 Å². The van der Waals surface area contributed by atoms with Crippen LogP contribution in [0.5, 0.6) is 0 Å². The van der Waals surface area contributed by atoms with Crippen molar-refractivity contribution in [3.05, 3.63) is 12.4 Å². The number of hydrogen-bond donors (Lipinski definition) is 0. The molecule has 0 bridgehead atoms. The van der Waals surface area contributed by atoms with E-state index in [0.29, 0.717) is 13.2 Å². The van der Waals surface area contributed by atoms with Gasteiger partial charge in [-0.3, -0.25) is 9.05 Å².